The Kier molecular flexibility index (Phi) is 2.53. The highest BCUT2D eigenvalue weighted by Crippen LogP contribution is 2.49. The summed E-state index contributed by atoms with van der Waals surface area (Å²) in [6, 6.07) is 0. The molecule has 0 aliphatic heterocycles. The third kappa shape index (κ3) is 1.47. The lowest BCUT2D eigenvalue weighted by Gasteiger charge is -2.36. The summed E-state index contributed by atoms with van der Waals surface area (Å²) in [7, 11) is 0. The molecule has 0 heterocycles. The Hall–Kier alpha value is -0.920. The number of rotatable bonds is 3. The van der Waals surface area contributed by atoms with Crippen LogP contribution in [0.1, 0.15) is 33.6 Å². The fourth-order valence-electron chi connectivity index (χ4n) is 2.76. The van der Waals surface area contributed by atoms with E-state index in [9.17, 15) is 9.59 Å². The van der Waals surface area contributed by atoms with E-state index in [4.69, 9.17) is 0 Å². The predicted octanol–water partition coefficient (Wildman–Crippen LogP) is 2.38. The molecule has 0 spiro atoms. The van der Waals surface area contributed by atoms with Crippen molar-refractivity contribution in [1.82, 2.24) is 0 Å². The van der Waals surface area contributed by atoms with E-state index in [-0.39, 0.29) is 29.3 Å². The molecule has 3 atom stereocenters. The summed E-state index contributed by atoms with van der Waals surface area (Å²) in [6.45, 7) is 6.14. The Bertz CT molecular complexity index is 338. The van der Waals surface area contributed by atoms with E-state index in [0.29, 0.717) is 12.3 Å². The SMILES string of the molecule is CCC(=O)C1C(=O)C2CC(C(C)C)=CC21. The van der Waals surface area contributed by atoms with Gasteiger partial charge in [-0.3, -0.25) is 9.59 Å². The van der Waals surface area contributed by atoms with Crippen molar-refractivity contribution in [3.63, 3.8) is 0 Å². The molecule has 0 radical (unpaired) electrons. The van der Waals surface area contributed by atoms with Crippen molar-refractivity contribution in [1.29, 1.82) is 0 Å². The molecule has 82 valence electrons. The van der Waals surface area contributed by atoms with Crippen LogP contribution in [0.4, 0.5) is 0 Å². The van der Waals surface area contributed by atoms with Gasteiger partial charge in [0.15, 0.2) is 0 Å². The van der Waals surface area contributed by atoms with Crippen LogP contribution in [-0.2, 0) is 9.59 Å². The van der Waals surface area contributed by atoms with Crippen LogP contribution < -0.4 is 0 Å². The summed E-state index contributed by atoms with van der Waals surface area (Å²) >= 11 is 0. The maximum atomic E-state index is 11.8. The van der Waals surface area contributed by atoms with Crippen molar-refractivity contribution in [3.8, 4) is 0 Å². The Balaban J connectivity index is 2.14. The molecule has 0 aromatic rings. The Labute approximate surface area is 90.7 Å². The fourth-order valence-corrected chi connectivity index (χ4v) is 2.76. The average molecular weight is 206 g/mol. The van der Waals surface area contributed by atoms with E-state index in [1.54, 1.807) is 0 Å². The van der Waals surface area contributed by atoms with Crippen molar-refractivity contribution in [2.24, 2.45) is 23.7 Å². The normalized spacial score (nSPS) is 33.7. The molecule has 0 bridgehead atoms. The van der Waals surface area contributed by atoms with Gasteiger partial charge in [0.25, 0.3) is 0 Å². The number of fused-ring (bicyclic) bond motifs is 1. The van der Waals surface area contributed by atoms with Crippen LogP contribution in [0.2, 0.25) is 0 Å². The summed E-state index contributed by atoms with van der Waals surface area (Å²) in [4.78, 5) is 23.3. The Morgan fingerprint density at radius 1 is 1.53 bits per heavy atom. The minimum absolute atomic E-state index is 0.127. The molecule has 0 aromatic heterocycles. The number of carbonyl (C=O) groups is 2. The first-order valence-corrected chi connectivity index (χ1v) is 5.83. The highest BCUT2D eigenvalue weighted by Gasteiger charge is 2.53. The minimum Gasteiger partial charge on any atom is -0.299 e. The van der Waals surface area contributed by atoms with Crippen molar-refractivity contribution in [2.75, 3.05) is 0 Å². The number of hydrogen-bond donors (Lipinski definition) is 0. The van der Waals surface area contributed by atoms with Gasteiger partial charge in [0, 0.05) is 18.3 Å². The number of carbonyl (C=O) groups excluding carboxylic acids is 2. The van der Waals surface area contributed by atoms with Crippen LogP contribution >= 0.6 is 0 Å². The van der Waals surface area contributed by atoms with Crippen LogP contribution in [0, 0.1) is 23.7 Å². The summed E-state index contributed by atoms with van der Waals surface area (Å²) in [6.07, 6.45) is 3.58. The molecular formula is C13H18O2. The van der Waals surface area contributed by atoms with E-state index in [1.807, 2.05) is 6.92 Å². The lowest BCUT2D eigenvalue weighted by Crippen LogP contribution is -2.48. The number of ketones is 2. The zero-order valence-electron chi connectivity index (χ0n) is 9.62. The predicted molar refractivity (Wildman–Crippen MR) is 58.3 cm³/mol. The largest absolute Gasteiger partial charge is 0.299 e. The second-order valence-electron chi connectivity index (χ2n) is 4.98. The molecule has 3 unspecified atom stereocenters. The van der Waals surface area contributed by atoms with E-state index in [1.165, 1.54) is 5.57 Å². The molecule has 0 amide bonds. The molecule has 0 N–H and O–H groups in total. The van der Waals surface area contributed by atoms with Gasteiger partial charge in [0.2, 0.25) is 0 Å². The second-order valence-corrected chi connectivity index (χ2v) is 4.98. The quantitative estimate of drug-likeness (QED) is 0.525. The third-order valence-electron chi connectivity index (χ3n) is 3.82. The molecule has 2 aliphatic carbocycles. The zero-order valence-corrected chi connectivity index (χ0v) is 9.62. The van der Waals surface area contributed by atoms with Gasteiger partial charge in [-0.05, 0) is 12.3 Å². The van der Waals surface area contributed by atoms with Crippen molar-refractivity contribution >= 4 is 11.6 Å². The van der Waals surface area contributed by atoms with Crippen molar-refractivity contribution < 1.29 is 9.59 Å². The number of hydrogen-bond acceptors (Lipinski definition) is 2. The summed E-state index contributed by atoms with van der Waals surface area (Å²) < 4.78 is 0. The first kappa shape index (κ1) is 10.6. The molecule has 2 heteroatoms. The van der Waals surface area contributed by atoms with Crippen molar-refractivity contribution in [3.05, 3.63) is 11.6 Å². The summed E-state index contributed by atoms with van der Waals surface area (Å²) in [5.41, 5.74) is 1.37. The van der Waals surface area contributed by atoms with Gasteiger partial charge in [-0.1, -0.05) is 32.4 Å². The zero-order chi connectivity index (χ0) is 11.2. The Morgan fingerprint density at radius 3 is 2.73 bits per heavy atom. The van der Waals surface area contributed by atoms with Gasteiger partial charge < -0.3 is 0 Å². The Morgan fingerprint density at radius 2 is 2.20 bits per heavy atom. The van der Waals surface area contributed by atoms with Crippen molar-refractivity contribution in [2.45, 2.75) is 33.6 Å². The number of Topliss-reactive ketones (excluding diaryl/α,β-unsaturated/α-hetero) is 2. The molecule has 2 aliphatic rings. The number of allylic oxidation sites excluding steroid dienone is 2. The summed E-state index contributed by atoms with van der Waals surface area (Å²) in [5, 5.41) is 0. The third-order valence-corrected chi connectivity index (χ3v) is 3.82. The minimum atomic E-state index is -0.295. The maximum absolute atomic E-state index is 11.8. The first-order valence-electron chi connectivity index (χ1n) is 5.83. The van der Waals surface area contributed by atoms with Crippen LogP contribution in [0.3, 0.4) is 0 Å². The molecular weight excluding hydrogens is 188 g/mol. The smallest absolute Gasteiger partial charge is 0.147 e. The van der Waals surface area contributed by atoms with Crippen LogP contribution in [0.5, 0.6) is 0 Å². The molecule has 1 saturated carbocycles. The maximum Gasteiger partial charge on any atom is 0.147 e. The molecule has 1 fully saturated rings. The average Bonchev–Trinajstić information content (AvgIpc) is 2.57. The standard InChI is InChI=1S/C13H18O2/c1-4-11(14)12-9-5-8(7(2)3)6-10(9)13(12)15/h5,7,9-10,12H,4,6H2,1-3H3. The van der Waals surface area contributed by atoms with Gasteiger partial charge >= 0.3 is 0 Å². The highest BCUT2D eigenvalue weighted by molar-refractivity contribution is 6.09. The van der Waals surface area contributed by atoms with Crippen LogP contribution in [0.25, 0.3) is 0 Å². The summed E-state index contributed by atoms with van der Waals surface area (Å²) in [5.74, 6) is 0.920. The lowest BCUT2D eigenvalue weighted by atomic mass is 9.63. The van der Waals surface area contributed by atoms with Gasteiger partial charge in [-0.25, -0.2) is 0 Å². The van der Waals surface area contributed by atoms with E-state index >= 15 is 0 Å². The lowest BCUT2D eigenvalue weighted by molar-refractivity contribution is -0.147. The fraction of sp³-hybridized carbons (Fsp3) is 0.692. The van der Waals surface area contributed by atoms with Crippen LogP contribution in [0.15, 0.2) is 11.6 Å². The molecule has 2 nitrogen and oxygen atoms in total. The second kappa shape index (κ2) is 3.58. The van der Waals surface area contributed by atoms with E-state index in [0.717, 1.165) is 6.42 Å². The van der Waals surface area contributed by atoms with E-state index in [2.05, 4.69) is 19.9 Å². The van der Waals surface area contributed by atoms with Crippen LogP contribution in [-0.4, -0.2) is 11.6 Å². The molecule has 15 heavy (non-hydrogen) atoms. The van der Waals surface area contributed by atoms with Gasteiger partial charge in [0.1, 0.15) is 11.6 Å². The topological polar surface area (TPSA) is 34.1 Å². The van der Waals surface area contributed by atoms with E-state index < -0.39 is 0 Å². The van der Waals surface area contributed by atoms with Gasteiger partial charge in [0.05, 0.1) is 5.92 Å². The first-order chi connectivity index (χ1) is 7.06. The highest BCUT2D eigenvalue weighted by atomic mass is 16.2. The molecule has 0 aromatic carbocycles. The monoisotopic (exact) mass is 206 g/mol. The van der Waals surface area contributed by atoms with Gasteiger partial charge in [-0.2, -0.15) is 0 Å². The molecule has 0 saturated heterocycles. The molecule has 2 rings (SSSR count). The van der Waals surface area contributed by atoms with Gasteiger partial charge in [-0.15, -0.1) is 0 Å².